The number of nitrogens with zero attached hydrogens (tertiary/aromatic N) is 5. The molecule has 3 rings (SSSR count). The number of rotatable bonds is 4. The summed E-state index contributed by atoms with van der Waals surface area (Å²) in [7, 11) is 0.652. The minimum Gasteiger partial charge on any atom is -0.362 e. The SMILES string of the molecule is CCS(=O)(=O)N1CCc2c(nc(-c3ccncc3)nc2N(C)C)C1. The molecule has 0 N–H and O–H groups in total. The number of fused-ring (bicyclic) bond motifs is 1. The first-order valence-electron chi connectivity index (χ1n) is 7.87. The molecular formula is C16H21N5O2S. The van der Waals surface area contributed by atoms with Gasteiger partial charge in [0.05, 0.1) is 18.0 Å². The van der Waals surface area contributed by atoms with Crippen molar-refractivity contribution in [1.82, 2.24) is 19.3 Å². The van der Waals surface area contributed by atoms with Crippen LogP contribution in [0.3, 0.4) is 0 Å². The Balaban J connectivity index is 2.09. The maximum atomic E-state index is 12.2. The Labute approximate surface area is 142 Å². The van der Waals surface area contributed by atoms with E-state index in [9.17, 15) is 8.42 Å². The van der Waals surface area contributed by atoms with E-state index in [4.69, 9.17) is 0 Å². The van der Waals surface area contributed by atoms with Crippen molar-refractivity contribution in [3.05, 3.63) is 35.8 Å². The Morgan fingerprint density at radius 1 is 1.21 bits per heavy atom. The van der Waals surface area contributed by atoms with E-state index in [2.05, 4.69) is 15.0 Å². The molecule has 8 heteroatoms. The highest BCUT2D eigenvalue weighted by atomic mass is 32.2. The summed E-state index contributed by atoms with van der Waals surface area (Å²) in [5.74, 6) is 1.54. The van der Waals surface area contributed by atoms with Gasteiger partial charge in [0, 0.05) is 44.2 Å². The van der Waals surface area contributed by atoms with Crippen LogP contribution in [0.4, 0.5) is 5.82 Å². The molecule has 0 saturated carbocycles. The molecule has 1 aliphatic rings. The van der Waals surface area contributed by atoms with Crippen molar-refractivity contribution in [3.63, 3.8) is 0 Å². The van der Waals surface area contributed by atoms with Gasteiger partial charge in [0.15, 0.2) is 5.82 Å². The third-order valence-corrected chi connectivity index (χ3v) is 5.96. The van der Waals surface area contributed by atoms with Gasteiger partial charge in [0.1, 0.15) is 5.82 Å². The lowest BCUT2D eigenvalue weighted by molar-refractivity contribution is 0.386. The molecule has 2 aromatic rings. The van der Waals surface area contributed by atoms with Crippen molar-refractivity contribution < 1.29 is 8.42 Å². The summed E-state index contributed by atoms with van der Waals surface area (Å²) in [5, 5.41) is 0. The first-order chi connectivity index (χ1) is 11.4. The van der Waals surface area contributed by atoms with E-state index in [0.717, 1.165) is 22.6 Å². The van der Waals surface area contributed by atoms with Gasteiger partial charge in [-0.05, 0) is 25.5 Å². The van der Waals surface area contributed by atoms with Crippen LogP contribution in [0.2, 0.25) is 0 Å². The predicted octanol–water partition coefficient (Wildman–Crippen LogP) is 1.31. The maximum absolute atomic E-state index is 12.2. The number of pyridine rings is 1. The molecule has 3 heterocycles. The van der Waals surface area contributed by atoms with Crippen LogP contribution in [-0.4, -0.2) is 54.1 Å². The lowest BCUT2D eigenvalue weighted by Gasteiger charge is -2.29. The second-order valence-corrected chi connectivity index (χ2v) is 8.17. The average Bonchev–Trinajstić information content (AvgIpc) is 2.60. The van der Waals surface area contributed by atoms with E-state index >= 15 is 0 Å². The number of aromatic nitrogens is 3. The van der Waals surface area contributed by atoms with Crippen LogP contribution in [-0.2, 0) is 23.0 Å². The zero-order valence-corrected chi connectivity index (χ0v) is 14.9. The molecule has 2 aromatic heterocycles. The van der Waals surface area contributed by atoms with Crippen LogP contribution in [0, 0.1) is 0 Å². The molecule has 0 saturated heterocycles. The molecule has 0 unspecified atom stereocenters. The van der Waals surface area contributed by atoms with Crippen molar-refractivity contribution in [3.8, 4) is 11.4 Å². The van der Waals surface area contributed by atoms with Crippen LogP contribution in [0.5, 0.6) is 0 Å². The molecule has 0 atom stereocenters. The lowest BCUT2D eigenvalue weighted by Crippen LogP contribution is -2.38. The molecular weight excluding hydrogens is 326 g/mol. The van der Waals surface area contributed by atoms with Crippen molar-refractivity contribution in [1.29, 1.82) is 0 Å². The summed E-state index contributed by atoms with van der Waals surface area (Å²) in [6, 6.07) is 3.70. The second-order valence-electron chi connectivity index (χ2n) is 5.91. The van der Waals surface area contributed by atoms with E-state index in [0.29, 0.717) is 25.3 Å². The zero-order valence-electron chi connectivity index (χ0n) is 14.1. The lowest BCUT2D eigenvalue weighted by atomic mass is 10.1. The minimum atomic E-state index is -3.23. The first kappa shape index (κ1) is 16.8. The fraction of sp³-hybridized carbons (Fsp3) is 0.438. The summed E-state index contributed by atoms with van der Waals surface area (Å²) in [6.45, 7) is 2.44. The van der Waals surface area contributed by atoms with Crippen molar-refractivity contribution >= 4 is 15.8 Å². The summed E-state index contributed by atoms with van der Waals surface area (Å²) in [4.78, 5) is 15.3. The Morgan fingerprint density at radius 2 is 1.92 bits per heavy atom. The van der Waals surface area contributed by atoms with E-state index in [1.165, 1.54) is 4.31 Å². The second kappa shape index (κ2) is 6.45. The van der Waals surface area contributed by atoms with Crippen LogP contribution >= 0.6 is 0 Å². The van der Waals surface area contributed by atoms with Gasteiger partial charge >= 0.3 is 0 Å². The van der Waals surface area contributed by atoms with E-state index in [1.54, 1.807) is 19.3 Å². The van der Waals surface area contributed by atoms with Gasteiger partial charge in [-0.1, -0.05) is 0 Å². The van der Waals surface area contributed by atoms with E-state index in [-0.39, 0.29) is 5.75 Å². The molecule has 128 valence electrons. The molecule has 24 heavy (non-hydrogen) atoms. The Morgan fingerprint density at radius 3 is 2.54 bits per heavy atom. The summed E-state index contributed by atoms with van der Waals surface area (Å²) < 4.78 is 25.9. The molecule has 0 fully saturated rings. The third-order valence-electron chi connectivity index (χ3n) is 4.13. The third kappa shape index (κ3) is 3.11. The monoisotopic (exact) mass is 347 g/mol. The van der Waals surface area contributed by atoms with Crippen molar-refractivity contribution in [2.45, 2.75) is 19.9 Å². The normalized spacial score (nSPS) is 15.1. The smallest absolute Gasteiger partial charge is 0.214 e. The van der Waals surface area contributed by atoms with E-state index in [1.807, 2.05) is 31.1 Å². The number of anilines is 1. The Bertz CT molecular complexity index is 837. The van der Waals surface area contributed by atoms with E-state index < -0.39 is 10.0 Å². The largest absolute Gasteiger partial charge is 0.362 e. The average molecular weight is 347 g/mol. The topological polar surface area (TPSA) is 79.3 Å². The van der Waals surface area contributed by atoms with Crippen molar-refractivity contribution in [2.24, 2.45) is 0 Å². The van der Waals surface area contributed by atoms with Gasteiger partial charge in [-0.25, -0.2) is 18.4 Å². The molecule has 0 radical (unpaired) electrons. The van der Waals surface area contributed by atoms with Crippen molar-refractivity contribution in [2.75, 3.05) is 31.3 Å². The minimum absolute atomic E-state index is 0.102. The Hall–Kier alpha value is -2.06. The molecule has 0 amide bonds. The highest BCUT2D eigenvalue weighted by molar-refractivity contribution is 7.89. The van der Waals surface area contributed by atoms with Gasteiger partial charge in [0.25, 0.3) is 0 Å². The predicted molar refractivity (Wildman–Crippen MR) is 93.2 cm³/mol. The molecule has 7 nitrogen and oxygen atoms in total. The van der Waals surface area contributed by atoms with Gasteiger partial charge in [-0.15, -0.1) is 0 Å². The molecule has 1 aliphatic heterocycles. The van der Waals surface area contributed by atoms with Crippen LogP contribution in [0.25, 0.3) is 11.4 Å². The van der Waals surface area contributed by atoms with Crippen LogP contribution in [0.1, 0.15) is 18.2 Å². The standard InChI is InChI=1S/C16H21N5O2S/c1-4-24(22,23)21-10-7-13-14(11-21)18-15(19-16(13)20(2)3)12-5-8-17-9-6-12/h5-6,8-9H,4,7,10-11H2,1-3H3. The van der Waals surface area contributed by atoms with Crippen LogP contribution in [0.15, 0.2) is 24.5 Å². The van der Waals surface area contributed by atoms with Gasteiger partial charge < -0.3 is 4.90 Å². The number of sulfonamides is 1. The Kier molecular flexibility index (Phi) is 4.51. The summed E-state index contributed by atoms with van der Waals surface area (Å²) >= 11 is 0. The van der Waals surface area contributed by atoms with Crippen LogP contribution < -0.4 is 4.90 Å². The summed E-state index contributed by atoms with van der Waals surface area (Å²) in [6.07, 6.45) is 4.02. The maximum Gasteiger partial charge on any atom is 0.214 e. The number of hydrogen-bond donors (Lipinski definition) is 0. The number of hydrogen-bond acceptors (Lipinski definition) is 6. The molecule has 0 aromatic carbocycles. The zero-order chi connectivity index (χ0) is 17.3. The van der Waals surface area contributed by atoms with Gasteiger partial charge in [0.2, 0.25) is 10.0 Å². The van der Waals surface area contributed by atoms with Gasteiger partial charge in [-0.3, -0.25) is 4.98 Å². The molecule has 0 aliphatic carbocycles. The highest BCUT2D eigenvalue weighted by Crippen LogP contribution is 2.29. The highest BCUT2D eigenvalue weighted by Gasteiger charge is 2.29. The quantitative estimate of drug-likeness (QED) is 0.830. The fourth-order valence-corrected chi connectivity index (χ4v) is 3.86. The fourth-order valence-electron chi connectivity index (χ4n) is 2.81. The summed E-state index contributed by atoms with van der Waals surface area (Å²) in [5.41, 5.74) is 2.68. The first-order valence-corrected chi connectivity index (χ1v) is 9.48. The van der Waals surface area contributed by atoms with Gasteiger partial charge in [-0.2, -0.15) is 4.31 Å². The molecule has 0 bridgehead atoms. The molecule has 0 spiro atoms.